The maximum absolute atomic E-state index is 12.5. The lowest BCUT2D eigenvalue weighted by atomic mass is 10.2. The summed E-state index contributed by atoms with van der Waals surface area (Å²) in [5, 5.41) is 0.295. The summed E-state index contributed by atoms with van der Waals surface area (Å²) in [5.41, 5.74) is -5.66. The Hall–Kier alpha value is -1.34. The maximum Gasteiger partial charge on any atom is 0.501 e. The van der Waals surface area contributed by atoms with E-state index in [-0.39, 0.29) is 15.9 Å². The quantitative estimate of drug-likeness (QED) is 0.812. The first kappa shape index (κ1) is 13.1. The number of rotatable bonds is 1. The number of hydrogen-bond donors (Lipinski definition) is 0. The molecule has 0 aliphatic rings. The van der Waals surface area contributed by atoms with E-state index >= 15 is 0 Å². The van der Waals surface area contributed by atoms with Gasteiger partial charge in [0.1, 0.15) is 4.90 Å². The molecule has 3 nitrogen and oxygen atoms in total. The van der Waals surface area contributed by atoms with Gasteiger partial charge in [0.2, 0.25) is 0 Å². The van der Waals surface area contributed by atoms with Gasteiger partial charge in [-0.25, -0.2) is 8.42 Å². The fraction of sp³-hybridized carbons (Fsp3) is 0.100. The molecule has 1 aromatic carbocycles. The molecule has 0 saturated heterocycles. The highest BCUT2D eigenvalue weighted by atomic mass is 35.5. The molecule has 1 aromatic heterocycles. The van der Waals surface area contributed by atoms with Crippen molar-refractivity contribution in [2.45, 2.75) is 10.4 Å². The van der Waals surface area contributed by atoms with Crippen LogP contribution < -0.4 is 0 Å². The van der Waals surface area contributed by atoms with Crippen LogP contribution in [-0.4, -0.2) is 18.9 Å². The smallest absolute Gasteiger partial charge is 0.255 e. The van der Waals surface area contributed by atoms with Crippen molar-refractivity contribution in [1.29, 1.82) is 0 Å². The van der Waals surface area contributed by atoms with E-state index in [4.69, 9.17) is 11.6 Å². The first-order chi connectivity index (χ1) is 8.25. The number of sulfone groups is 1. The van der Waals surface area contributed by atoms with Crippen LogP contribution in [-0.2, 0) is 9.84 Å². The zero-order valence-corrected chi connectivity index (χ0v) is 10.1. The summed E-state index contributed by atoms with van der Waals surface area (Å²) >= 11 is 5.78. The summed E-state index contributed by atoms with van der Waals surface area (Å²) in [5.74, 6) is 0. The first-order valence-electron chi connectivity index (χ1n) is 4.60. The van der Waals surface area contributed by atoms with Crippen LogP contribution in [0, 0.1) is 0 Å². The van der Waals surface area contributed by atoms with Gasteiger partial charge in [0.15, 0.2) is 0 Å². The minimum atomic E-state index is -5.44. The van der Waals surface area contributed by atoms with E-state index in [9.17, 15) is 21.6 Å². The lowest BCUT2D eigenvalue weighted by Crippen LogP contribution is -2.23. The van der Waals surface area contributed by atoms with Crippen molar-refractivity contribution in [2.24, 2.45) is 0 Å². The van der Waals surface area contributed by atoms with Crippen LogP contribution in [0.3, 0.4) is 0 Å². The predicted molar refractivity (Wildman–Crippen MR) is 60.0 cm³/mol. The van der Waals surface area contributed by atoms with Crippen molar-refractivity contribution in [3.05, 3.63) is 35.5 Å². The van der Waals surface area contributed by atoms with E-state index < -0.39 is 20.2 Å². The van der Waals surface area contributed by atoms with Crippen LogP contribution in [0.4, 0.5) is 13.2 Å². The average Bonchev–Trinajstić information content (AvgIpc) is 2.28. The number of nitrogens with zero attached hydrogens (tertiary/aromatic N) is 1. The van der Waals surface area contributed by atoms with Crippen LogP contribution in [0.1, 0.15) is 0 Å². The predicted octanol–water partition coefficient (Wildman–Crippen LogP) is 3.18. The van der Waals surface area contributed by atoms with Gasteiger partial charge < -0.3 is 0 Å². The number of hydrogen-bond acceptors (Lipinski definition) is 3. The number of benzene rings is 1. The van der Waals surface area contributed by atoms with Gasteiger partial charge in [0.25, 0.3) is 9.84 Å². The number of alkyl halides is 3. The summed E-state index contributed by atoms with van der Waals surface area (Å²) < 4.78 is 60.2. The third kappa shape index (κ3) is 1.93. The van der Waals surface area contributed by atoms with Crippen molar-refractivity contribution in [3.63, 3.8) is 0 Å². The molecule has 0 spiro atoms. The van der Waals surface area contributed by atoms with Crippen molar-refractivity contribution in [3.8, 4) is 0 Å². The molecular formula is C10H5ClF3NO2S. The zero-order valence-electron chi connectivity index (χ0n) is 8.57. The molecule has 0 amide bonds. The molecule has 2 aromatic rings. The Bertz CT molecular complexity index is 713. The molecule has 18 heavy (non-hydrogen) atoms. The minimum Gasteiger partial charge on any atom is -0.255 e. The fourth-order valence-electron chi connectivity index (χ4n) is 1.45. The third-order valence-electron chi connectivity index (χ3n) is 2.27. The molecule has 0 aliphatic carbocycles. The normalized spacial score (nSPS) is 12.9. The summed E-state index contributed by atoms with van der Waals surface area (Å²) in [6.07, 6.45) is 1.20. The topological polar surface area (TPSA) is 47.0 Å². The van der Waals surface area contributed by atoms with Crippen LogP contribution in [0.2, 0.25) is 5.02 Å². The van der Waals surface area contributed by atoms with Crippen molar-refractivity contribution in [1.82, 2.24) is 4.98 Å². The summed E-state index contributed by atoms with van der Waals surface area (Å²) in [7, 11) is -5.44. The van der Waals surface area contributed by atoms with Gasteiger partial charge >= 0.3 is 5.51 Å². The van der Waals surface area contributed by atoms with Crippen molar-refractivity contribution >= 4 is 32.3 Å². The Balaban J connectivity index is 2.87. The summed E-state index contributed by atoms with van der Waals surface area (Å²) in [6.45, 7) is 0. The molecule has 0 aliphatic heterocycles. The van der Waals surface area contributed by atoms with Crippen LogP contribution >= 0.6 is 11.6 Å². The molecule has 8 heteroatoms. The second-order valence-electron chi connectivity index (χ2n) is 3.39. The zero-order chi connectivity index (χ0) is 13.6. The molecule has 0 atom stereocenters. The van der Waals surface area contributed by atoms with Gasteiger partial charge in [-0.2, -0.15) is 13.2 Å². The fourth-order valence-corrected chi connectivity index (χ4v) is 2.58. The van der Waals surface area contributed by atoms with E-state index in [2.05, 4.69) is 4.98 Å². The number of fused-ring (bicyclic) bond motifs is 1. The SMILES string of the molecule is O=S(=O)(c1ccc(Cl)c2cccnc12)C(F)(F)F. The Kier molecular flexibility index (Phi) is 2.98. The van der Waals surface area contributed by atoms with Gasteiger partial charge in [-0.05, 0) is 24.3 Å². The molecule has 0 fully saturated rings. The third-order valence-corrected chi connectivity index (χ3v) is 4.12. The highest BCUT2D eigenvalue weighted by Gasteiger charge is 2.47. The highest BCUT2D eigenvalue weighted by molar-refractivity contribution is 7.92. The lowest BCUT2D eigenvalue weighted by Gasteiger charge is -2.10. The Morgan fingerprint density at radius 2 is 1.83 bits per heavy atom. The van der Waals surface area contributed by atoms with Gasteiger partial charge in [-0.15, -0.1) is 0 Å². The monoisotopic (exact) mass is 295 g/mol. The number of halogens is 4. The van der Waals surface area contributed by atoms with Crippen LogP contribution in [0.5, 0.6) is 0 Å². The van der Waals surface area contributed by atoms with E-state index in [0.29, 0.717) is 0 Å². The molecule has 1 heterocycles. The Morgan fingerprint density at radius 3 is 2.44 bits per heavy atom. The molecule has 0 bridgehead atoms. The molecule has 0 radical (unpaired) electrons. The van der Waals surface area contributed by atoms with Crippen LogP contribution in [0.15, 0.2) is 35.4 Å². The summed E-state index contributed by atoms with van der Waals surface area (Å²) in [6, 6.07) is 4.77. The van der Waals surface area contributed by atoms with Crippen molar-refractivity contribution in [2.75, 3.05) is 0 Å². The second-order valence-corrected chi connectivity index (χ2v) is 5.71. The van der Waals surface area contributed by atoms with Gasteiger partial charge in [0.05, 0.1) is 10.5 Å². The molecule has 96 valence electrons. The number of aromatic nitrogens is 1. The van der Waals surface area contributed by atoms with E-state index in [0.717, 1.165) is 12.1 Å². The Labute approximate surface area is 105 Å². The van der Waals surface area contributed by atoms with Crippen LogP contribution in [0.25, 0.3) is 10.9 Å². The largest absolute Gasteiger partial charge is 0.501 e. The van der Waals surface area contributed by atoms with E-state index in [1.54, 1.807) is 0 Å². The molecule has 0 N–H and O–H groups in total. The molecular weight excluding hydrogens is 291 g/mol. The van der Waals surface area contributed by atoms with Gasteiger partial charge in [-0.3, -0.25) is 4.98 Å². The minimum absolute atomic E-state index is 0.138. The second kappa shape index (κ2) is 4.10. The highest BCUT2D eigenvalue weighted by Crippen LogP contribution is 2.35. The maximum atomic E-state index is 12.5. The summed E-state index contributed by atoms with van der Waals surface area (Å²) in [4.78, 5) is 2.76. The van der Waals surface area contributed by atoms with Gasteiger partial charge in [-0.1, -0.05) is 11.6 Å². The molecule has 2 rings (SSSR count). The van der Waals surface area contributed by atoms with E-state index in [1.807, 2.05) is 0 Å². The lowest BCUT2D eigenvalue weighted by molar-refractivity contribution is -0.0435. The Morgan fingerprint density at radius 1 is 1.17 bits per heavy atom. The van der Waals surface area contributed by atoms with Crippen molar-refractivity contribution < 1.29 is 21.6 Å². The number of pyridine rings is 1. The standard InChI is InChI=1S/C10H5ClF3NO2S/c11-7-3-4-8(18(16,17)10(12,13)14)9-6(7)2-1-5-15-9/h1-5H. The van der Waals surface area contributed by atoms with Gasteiger partial charge in [0, 0.05) is 11.6 Å². The average molecular weight is 296 g/mol. The molecule has 0 unspecified atom stereocenters. The molecule has 0 saturated carbocycles. The first-order valence-corrected chi connectivity index (χ1v) is 6.46. The van der Waals surface area contributed by atoms with E-state index in [1.165, 1.54) is 18.3 Å².